The Balaban J connectivity index is 2.32. The molecule has 0 heterocycles. The van der Waals surface area contributed by atoms with Gasteiger partial charge in [0.15, 0.2) is 6.61 Å². The molecular weight excluding hydrogens is 301 g/mol. The number of halogens is 3. The first-order valence-electron chi connectivity index (χ1n) is 5.12. The average molecular weight is 310 g/mol. The van der Waals surface area contributed by atoms with E-state index in [9.17, 15) is 28.1 Å². The Morgan fingerprint density at radius 3 is 2.45 bits per heavy atom. The lowest BCUT2D eigenvalue weighted by atomic mass is 10.3. The number of carbonyl (C=O) groups is 1. The molecule has 10 heteroatoms. The number of alkyl halides is 3. The number of carbonyl (C=O) groups excluding carboxylic acids is 1. The van der Waals surface area contributed by atoms with E-state index in [1.54, 1.807) is 5.48 Å². The molecule has 6 nitrogen and oxygen atoms in total. The molecule has 0 fully saturated rings. The average Bonchev–Trinajstić information content (AvgIpc) is 2.35. The van der Waals surface area contributed by atoms with Crippen LogP contribution in [0.4, 0.5) is 18.9 Å². The number of benzene rings is 1. The smallest absolute Gasteiger partial charge is 0.272 e. The third-order valence-corrected chi connectivity index (χ3v) is 2.85. The van der Waals surface area contributed by atoms with Crippen molar-refractivity contribution in [3.05, 3.63) is 34.4 Å². The van der Waals surface area contributed by atoms with Gasteiger partial charge in [-0.05, 0) is 12.1 Å². The van der Waals surface area contributed by atoms with Crippen molar-refractivity contribution in [3.8, 4) is 0 Å². The SMILES string of the molecule is O=C(CSc1ccc([N+](=O)[O-])cc1)NOCC(F)(F)F. The number of nitro benzene ring substituents is 1. The van der Waals surface area contributed by atoms with E-state index in [1.165, 1.54) is 24.3 Å². The molecule has 0 spiro atoms. The van der Waals surface area contributed by atoms with Gasteiger partial charge in [-0.1, -0.05) is 0 Å². The van der Waals surface area contributed by atoms with Crippen molar-refractivity contribution < 1.29 is 27.7 Å². The van der Waals surface area contributed by atoms with Gasteiger partial charge in [0, 0.05) is 17.0 Å². The fourth-order valence-electron chi connectivity index (χ4n) is 1.04. The van der Waals surface area contributed by atoms with Crippen molar-refractivity contribution in [1.29, 1.82) is 0 Å². The Bertz CT molecular complexity index is 478. The summed E-state index contributed by atoms with van der Waals surface area (Å²) in [5.41, 5.74) is 1.56. The van der Waals surface area contributed by atoms with Gasteiger partial charge < -0.3 is 0 Å². The normalized spacial score (nSPS) is 11.2. The van der Waals surface area contributed by atoms with E-state index in [4.69, 9.17) is 0 Å². The molecular formula is C10H9F3N2O4S. The lowest BCUT2D eigenvalue weighted by Gasteiger charge is -2.08. The molecule has 20 heavy (non-hydrogen) atoms. The van der Waals surface area contributed by atoms with Crippen LogP contribution in [0.25, 0.3) is 0 Å². The molecule has 0 bridgehead atoms. The monoisotopic (exact) mass is 310 g/mol. The standard InChI is InChI=1S/C10H9F3N2O4S/c11-10(12,13)6-19-14-9(16)5-20-8-3-1-7(2-4-8)15(17)18/h1-4H,5-6H2,(H,14,16). The molecule has 0 unspecified atom stereocenters. The third kappa shape index (κ3) is 6.38. The van der Waals surface area contributed by atoms with Gasteiger partial charge in [0.1, 0.15) is 0 Å². The topological polar surface area (TPSA) is 81.5 Å². The van der Waals surface area contributed by atoms with E-state index < -0.39 is 23.6 Å². The van der Waals surface area contributed by atoms with Crippen molar-refractivity contribution in [1.82, 2.24) is 5.48 Å². The van der Waals surface area contributed by atoms with Gasteiger partial charge in [-0.15, -0.1) is 11.8 Å². The fourth-order valence-corrected chi connectivity index (χ4v) is 1.73. The zero-order valence-electron chi connectivity index (χ0n) is 9.85. The maximum absolute atomic E-state index is 11.7. The van der Waals surface area contributed by atoms with Crippen LogP contribution in [0.3, 0.4) is 0 Å². The van der Waals surface area contributed by atoms with Crippen LogP contribution in [0.5, 0.6) is 0 Å². The minimum absolute atomic E-state index is 0.0905. The predicted octanol–water partition coefficient (Wildman–Crippen LogP) is 2.30. The van der Waals surface area contributed by atoms with E-state index >= 15 is 0 Å². The highest BCUT2D eigenvalue weighted by Crippen LogP contribution is 2.21. The van der Waals surface area contributed by atoms with Crippen LogP contribution >= 0.6 is 11.8 Å². The second-order valence-corrected chi connectivity index (χ2v) is 4.52. The number of nitrogens with zero attached hydrogens (tertiary/aromatic N) is 1. The van der Waals surface area contributed by atoms with Crippen LogP contribution in [-0.4, -0.2) is 29.4 Å². The largest absolute Gasteiger partial charge is 0.414 e. The third-order valence-electron chi connectivity index (χ3n) is 1.84. The lowest BCUT2D eigenvalue weighted by Crippen LogP contribution is -2.30. The summed E-state index contributed by atoms with van der Waals surface area (Å²) in [5, 5.41) is 10.4. The highest BCUT2D eigenvalue weighted by atomic mass is 32.2. The molecule has 0 saturated heterocycles. The van der Waals surface area contributed by atoms with Crippen LogP contribution in [0.2, 0.25) is 0 Å². The maximum Gasteiger partial charge on any atom is 0.414 e. The lowest BCUT2D eigenvalue weighted by molar-refractivity contribution is -0.384. The van der Waals surface area contributed by atoms with Crippen LogP contribution < -0.4 is 5.48 Å². The first-order chi connectivity index (χ1) is 9.28. The van der Waals surface area contributed by atoms with Gasteiger partial charge in [0.25, 0.3) is 11.6 Å². The van der Waals surface area contributed by atoms with E-state index in [-0.39, 0.29) is 11.4 Å². The first-order valence-corrected chi connectivity index (χ1v) is 6.11. The van der Waals surface area contributed by atoms with Gasteiger partial charge in [-0.25, -0.2) is 5.48 Å². The first kappa shape index (κ1) is 16.2. The summed E-state index contributed by atoms with van der Waals surface area (Å²) in [6, 6.07) is 5.40. The van der Waals surface area contributed by atoms with E-state index in [2.05, 4.69) is 4.84 Å². The summed E-state index contributed by atoms with van der Waals surface area (Å²) in [7, 11) is 0. The Morgan fingerprint density at radius 2 is 1.95 bits per heavy atom. The van der Waals surface area contributed by atoms with Crippen molar-refractivity contribution in [3.63, 3.8) is 0 Å². The maximum atomic E-state index is 11.7. The molecule has 0 aliphatic rings. The molecule has 110 valence electrons. The Kier molecular flexibility index (Phi) is 5.77. The minimum atomic E-state index is -4.52. The Labute approximate surface area is 115 Å². The quantitative estimate of drug-likeness (QED) is 0.495. The van der Waals surface area contributed by atoms with E-state index in [1.807, 2.05) is 0 Å². The highest BCUT2D eigenvalue weighted by molar-refractivity contribution is 8.00. The summed E-state index contributed by atoms with van der Waals surface area (Å²) in [4.78, 5) is 25.5. The molecule has 0 aromatic heterocycles. The number of hydrogen-bond donors (Lipinski definition) is 1. The van der Waals surface area contributed by atoms with Crippen LogP contribution in [0, 0.1) is 10.1 Å². The molecule has 1 N–H and O–H groups in total. The van der Waals surface area contributed by atoms with E-state index in [0.717, 1.165) is 11.8 Å². The summed E-state index contributed by atoms with van der Waals surface area (Å²) in [6.45, 7) is -1.57. The summed E-state index contributed by atoms with van der Waals surface area (Å²) >= 11 is 1.01. The number of hydrogen-bond acceptors (Lipinski definition) is 5. The molecule has 1 amide bonds. The molecule has 0 saturated carbocycles. The van der Waals surface area contributed by atoms with Gasteiger partial charge >= 0.3 is 6.18 Å². The van der Waals surface area contributed by atoms with Crippen molar-refractivity contribution in [2.24, 2.45) is 0 Å². The molecule has 1 rings (SSSR count). The molecule has 1 aromatic rings. The number of amides is 1. The van der Waals surface area contributed by atoms with Crippen LogP contribution in [-0.2, 0) is 9.63 Å². The number of hydroxylamine groups is 1. The van der Waals surface area contributed by atoms with Crippen LogP contribution in [0.15, 0.2) is 29.2 Å². The fraction of sp³-hybridized carbons (Fsp3) is 0.300. The summed E-state index contributed by atoms with van der Waals surface area (Å²) in [5.74, 6) is -0.909. The van der Waals surface area contributed by atoms with Crippen molar-refractivity contribution in [2.45, 2.75) is 11.1 Å². The van der Waals surface area contributed by atoms with Crippen LogP contribution in [0.1, 0.15) is 0 Å². The summed E-state index contributed by atoms with van der Waals surface area (Å²) in [6.07, 6.45) is -4.52. The number of nitrogens with one attached hydrogen (secondary N) is 1. The molecule has 0 atom stereocenters. The molecule has 0 aliphatic heterocycles. The Morgan fingerprint density at radius 1 is 1.35 bits per heavy atom. The summed E-state index contributed by atoms with van der Waals surface area (Å²) < 4.78 is 35.2. The van der Waals surface area contributed by atoms with Crippen molar-refractivity contribution in [2.75, 3.05) is 12.4 Å². The molecule has 1 aromatic carbocycles. The second kappa shape index (κ2) is 7.10. The predicted molar refractivity (Wildman–Crippen MR) is 64.0 cm³/mol. The zero-order valence-corrected chi connectivity index (χ0v) is 10.7. The molecule has 0 aliphatic carbocycles. The second-order valence-electron chi connectivity index (χ2n) is 3.47. The molecule has 0 radical (unpaired) electrons. The number of thioether (sulfide) groups is 1. The highest BCUT2D eigenvalue weighted by Gasteiger charge is 2.28. The van der Waals surface area contributed by atoms with Gasteiger partial charge in [0.05, 0.1) is 10.7 Å². The zero-order chi connectivity index (χ0) is 15.2. The Hall–Kier alpha value is -1.81. The van der Waals surface area contributed by atoms with E-state index in [0.29, 0.717) is 4.90 Å². The van der Waals surface area contributed by atoms with Crippen molar-refractivity contribution >= 4 is 23.4 Å². The number of rotatable bonds is 6. The van der Waals surface area contributed by atoms with Gasteiger partial charge in [-0.2, -0.15) is 13.2 Å². The van der Waals surface area contributed by atoms with Gasteiger partial charge in [0.2, 0.25) is 0 Å². The minimum Gasteiger partial charge on any atom is -0.272 e. The van der Waals surface area contributed by atoms with Gasteiger partial charge in [-0.3, -0.25) is 19.7 Å². The number of nitro groups is 1. The number of non-ortho nitro benzene ring substituents is 1.